The Bertz CT molecular complexity index is 1130. The maximum Gasteiger partial charge on any atom is 0.244 e. The second kappa shape index (κ2) is 13.1. The van der Waals surface area contributed by atoms with Gasteiger partial charge >= 0.3 is 0 Å². The molecule has 0 heterocycles. The van der Waals surface area contributed by atoms with E-state index < -0.39 is 34.3 Å². The van der Waals surface area contributed by atoms with Crippen molar-refractivity contribution >= 4 is 50.7 Å². The van der Waals surface area contributed by atoms with Crippen LogP contribution in [0.3, 0.4) is 0 Å². The van der Waals surface area contributed by atoms with Gasteiger partial charge in [-0.05, 0) is 48.7 Å². The third-order valence-corrected chi connectivity index (χ3v) is 7.03. The zero-order valence-corrected chi connectivity index (χ0v) is 22.3. The number of halogens is 3. The quantitative estimate of drug-likeness (QED) is 0.394. The van der Waals surface area contributed by atoms with Crippen molar-refractivity contribution in [3.8, 4) is 0 Å². The standard InChI is InChI=1S/C24H30Cl2FN3O4S/c1-4-6-13-28-24(32)22(5-2)29(15-17-7-9-18(25)10-8-17)23(31)16-30(35(3,33)34)19-11-12-21(27)20(26)14-19/h7-12,14,22H,4-6,13,15-16H2,1-3H3,(H,28,32)/t22-/m1/s1. The number of rotatable bonds is 12. The van der Waals surface area contributed by atoms with Crippen LogP contribution in [0.4, 0.5) is 10.1 Å². The lowest BCUT2D eigenvalue weighted by Crippen LogP contribution is -2.52. The lowest BCUT2D eigenvalue weighted by molar-refractivity contribution is -0.140. The van der Waals surface area contributed by atoms with Crippen LogP contribution in [0.1, 0.15) is 38.7 Å². The summed E-state index contributed by atoms with van der Waals surface area (Å²) in [6.07, 6.45) is 2.95. The number of amides is 2. The van der Waals surface area contributed by atoms with Crippen LogP contribution in [0, 0.1) is 5.82 Å². The summed E-state index contributed by atoms with van der Waals surface area (Å²) in [5.74, 6) is -1.63. The summed E-state index contributed by atoms with van der Waals surface area (Å²) in [5.41, 5.74) is 0.762. The second-order valence-electron chi connectivity index (χ2n) is 8.08. The summed E-state index contributed by atoms with van der Waals surface area (Å²) in [4.78, 5) is 27.9. The van der Waals surface area contributed by atoms with Crippen LogP contribution in [-0.2, 0) is 26.2 Å². The zero-order chi connectivity index (χ0) is 26.2. The van der Waals surface area contributed by atoms with Crippen molar-refractivity contribution < 1.29 is 22.4 Å². The molecule has 0 fully saturated rings. The van der Waals surface area contributed by atoms with Crippen molar-refractivity contribution in [2.24, 2.45) is 0 Å². The van der Waals surface area contributed by atoms with Crippen molar-refractivity contribution in [2.75, 3.05) is 23.7 Å². The van der Waals surface area contributed by atoms with Gasteiger partial charge in [0.2, 0.25) is 21.8 Å². The van der Waals surface area contributed by atoms with E-state index in [0.717, 1.165) is 41.1 Å². The van der Waals surface area contributed by atoms with Gasteiger partial charge in [-0.15, -0.1) is 0 Å². The number of nitrogens with one attached hydrogen (secondary N) is 1. The van der Waals surface area contributed by atoms with Crippen LogP contribution in [-0.4, -0.2) is 50.5 Å². The largest absolute Gasteiger partial charge is 0.354 e. The number of hydrogen-bond acceptors (Lipinski definition) is 4. The first-order valence-electron chi connectivity index (χ1n) is 11.2. The van der Waals surface area contributed by atoms with Crippen molar-refractivity contribution in [1.82, 2.24) is 10.2 Å². The number of sulfonamides is 1. The molecule has 0 saturated heterocycles. The Hall–Kier alpha value is -2.36. The first-order valence-corrected chi connectivity index (χ1v) is 13.8. The molecule has 11 heteroatoms. The topological polar surface area (TPSA) is 86.8 Å². The number of anilines is 1. The molecular formula is C24H30Cl2FN3O4S. The number of unbranched alkanes of at least 4 members (excludes halogenated alkanes) is 1. The predicted octanol–water partition coefficient (Wildman–Crippen LogP) is 4.62. The molecule has 2 aromatic rings. The van der Waals surface area contributed by atoms with E-state index in [9.17, 15) is 22.4 Å². The molecule has 7 nitrogen and oxygen atoms in total. The van der Waals surface area contributed by atoms with Crippen LogP contribution in [0.5, 0.6) is 0 Å². The van der Waals surface area contributed by atoms with E-state index in [-0.39, 0.29) is 23.2 Å². The summed E-state index contributed by atoms with van der Waals surface area (Å²) < 4.78 is 39.6. The number of carbonyl (C=O) groups excluding carboxylic acids is 2. The molecule has 0 saturated carbocycles. The molecule has 0 radical (unpaired) electrons. The van der Waals surface area contributed by atoms with Gasteiger partial charge in [0.15, 0.2) is 0 Å². The molecule has 0 aromatic heterocycles. The van der Waals surface area contributed by atoms with Crippen LogP contribution < -0.4 is 9.62 Å². The molecule has 0 aliphatic rings. The molecular weight excluding hydrogens is 516 g/mol. The highest BCUT2D eigenvalue weighted by Crippen LogP contribution is 2.25. The smallest absolute Gasteiger partial charge is 0.244 e. The van der Waals surface area contributed by atoms with E-state index in [4.69, 9.17) is 23.2 Å². The predicted molar refractivity (Wildman–Crippen MR) is 138 cm³/mol. The molecule has 0 bridgehead atoms. The molecule has 1 atom stereocenters. The van der Waals surface area contributed by atoms with E-state index in [1.54, 1.807) is 31.2 Å². The van der Waals surface area contributed by atoms with Gasteiger partial charge in [-0.25, -0.2) is 12.8 Å². The van der Waals surface area contributed by atoms with E-state index in [2.05, 4.69) is 5.32 Å². The second-order valence-corrected chi connectivity index (χ2v) is 10.8. The lowest BCUT2D eigenvalue weighted by atomic mass is 10.1. The Labute approximate surface area is 216 Å². The van der Waals surface area contributed by atoms with E-state index in [1.165, 1.54) is 11.0 Å². The molecule has 192 valence electrons. The van der Waals surface area contributed by atoms with E-state index >= 15 is 0 Å². The normalized spacial score (nSPS) is 12.2. The summed E-state index contributed by atoms with van der Waals surface area (Å²) in [7, 11) is -3.94. The maximum atomic E-state index is 13.7. The molecule has 1 N–H and O–H groups in total. The lowest BCUT2D eigenvalue weighted by Gasteiger charge is -2.33. The molecule has 0 aliphatic heterocycles. The van der Waals surface area contributed by atoms with Crippen LogP contribution in [0.2, 0.25) is 10.0 Å². The Morgan fingerprint density at radius 1 is 1.09 bits per heavy atom. The van der Waals surface area contributed by atoms with E-state index in [1.807, 2.05) is 6.92 Å². The van der Waals surface area contributed by atoms with Crippen molar-refractivity contribution in [1.29, 1.82) is 0 Å². The summed E-state index contributed by atoms with van der Waals surface area (Å²) >= 11 is 11.8. The average molecular weight is 546 g/mol. The highest BCUT2D eigenvalue weighted by Gasteiger charge is 2.31. The van der Waals surface area contributed by atoms with Crippen LogP contribution >= 0.6 is 23.2 Å². The van der Waals surface area contributed by atoms with Gasteiger partial charge in [-0.1, -0.05) is 55.6 Å². The zero-order valence-electron chi connectivity index (χ0n) is 19.9. The van der Waals surface area contributed by atoms with Crippen LogP contribution in [0.15, 0.2) is 42.5 Å². The third kappa shape index (κ3) is 8.37. The van der Waals surface area contributed by atoms with Crippen molar-refractivity contribution in [2.45, 2.75) is 45.7 Å². The number of hydrogen-bond donors (Lipinski definition) is 1. The Morgan fingerprint density at radius 3 is 2.29 bits per heavy atom. The maximum absolute atomic E-state index is 13.7. The van der Waals surface area contributed by atoms with Gasteiger partial charge in [0, 0.05) is 18.1 Å². The molecule has 0 spiro atoms. The summed E-state index contributed by atoms with van der Waals surface area (Å²) in [6.45, 7) is 3.73. The summed E-state index contributed by atoms with van der Waals surface area (Å²) in [5, 5.41) is 3.09. The minimum Gasteiger partial charge on any atom is -0.354 e. The number of benzene rings is 2. The molecule has 35 heavy (non-hydrogen) atoms. The Kier molecular flexibility index (Phi) is 10.8. The molecule has 2 rings (SSSR count). The van der Waals surface area contributed by atoms with Gasteiger partial charge < -0.3 is 10.2 Å². The highest BCUT2D eigenvalue weighted by molar-refractivity contribution is 7.92. The molecule has 0 aliphatic carbocycles. The number of carbonyl (C=O) groups is 2. The van der Waals surface area contributed by atoms with Gasteiger partial charge in [0.1, 0.15) is 18.4 Å². The third-order valence-electron chi connectivity index (χ3n) is 5.35. The van der Waals surface area contributed by atoms with Gasteiger partial charge in [0.05, 0.1) is 17.0 Å². The minimum absolute atomic E-state index is 0.0409. The van der Waals surface area contributed by atoms with Crippen molar-refractivity contribution in [3.05, 3.63) is 63.9 Å². The van der Waals surface area contributed by atoms with Crippen molar-refractivity contribution in [3.63, 3.8) is 0 Å². The van der Waals surface area contributed by atoms with Crippen LogP contribution in [0.25, 0.3) is 0 Å². The fourth-order valence-electron chi connectivity index (χ4n) is 3.47. The molecule has 2 aromatic carbocycles. The molecule has 0 unspecified atom stereocenters. The van der Waals surface area contributed by atoms with E-state index in [0.29, 0.717) is 18.0 Å². The highest BCUT2D eigenvalue weighted by atomic mass is 35.5. The first-order chi connectivity index (χ1) is 16.5. The fraction of sp³-hybridized carbons (Fsp3) is 0.417. The molecule has 2 amide bonds. The SMILES string of the molecule is CCCCNC(=O)[C@@H](CC)N(Cc1ccc(Cl)cc1)C(=O)CN(c1ccc(F)c(Cl)c1)S(C)(=O)=O. The Balaban J connectivity index is 2.41. The first kappa shape index (κ1) is 28.9. The fourth-order valence-corrected chi connectivity index (χ4v) is 4.61. The number of nitrogens with zero attached hydrogens (tertiary/aromatic N) is 2. The monoisotopic (exact) mass is 545 g/mol. The average Bonchev–Trinajstić information content (AvgIpc) is 2.80. The van der Waals surface area contributed by atoms with Gasteiger partial charge in [-0.3, -0.25) is 13.9 Å². The van der Waals surface area contributed by atoms with Gasteiger partial charge in [-0.2, -0.15) is 0 Å². The minimum atomic E-state index is -3.94. The van der Waals surface area contributed by atoms with Gasteiger partial charge in [0.25, 0.3) is 0 Å². The Morgan fingerprint density at radius 2 is 1.74 bits per heavy atom. The summed E-state index contributed by atoms with van der Waals surface area (Å²) in [6, 6.07) is 9.39.